The van der Waals surface area contributed by atoms with Gasteiger partial charge in [-0.25, -0.2) is 13.6 Å². The lowest BCUT2D eigenvalue weighted by Gasteiger charge is -2.25. The van der Waals surface area contributed by atoms with Crippen molar-refractivity contribution in [1.29, 1.82) is 0 Å². The number of nitrogens with two attached hydrogens (primary N) is 1. The summed E-state index contributed by atoms with van der Waals surface area (Å²) in [5.41, 5.74) is 5.84. The maximum Gasteiger partial charge on any atom is 0.407 e. The van der Waals surface area contributed by atoms with Gasteiger partial charge < -0.3 is 15.6 Å². The van der Waals surface area contributed by atoms with Gasteiger partial charge >= 0.3 is 6.09 Å². The van der Waals surface area contributed by atoms with E-state index in [1.165, 1.54) is 18.2 Å². The summed E-state index contributed by atoms with van der Waals surface area (Å²) in [5.74, 6) is -0.115. The van der Waals surface area contributed by atoms with Gasteiger partial charge in [0.25, 0.3) is 0 Å². The zero-order chi connectivity index (χ0) is 17.0. The molecule has 2 rings (SSSR count). The molecule has 1 aromatic rings. The molecule has 1 saturated heterocycles. The standard InChI is InChI=1S/C16H22F2N2O3/c1-10(3-2-6-19)23-15-5-4-11(17)7-13(15)14-8-12(18)9-20(14)16(21)22/h4-5,7,10,12,14H,2-3,6,8-9,19H2,1H3,(H,21,22)/t10?,12-,14+/m0/s1. The molecule has 5 nitrogen and oxygen atoms in total. The summed E-state index contributed by atoms with van der Waals surface area (Å²) in [6.07, 6.45) is -1.11. The molecular weight excluding hydrogens is 306 g/mol. The van der Waals surface area contributed by atoms with Crippen LogP contribution in [0.2, 0.25) is 0 Å². The third kappa shape index (κ3) is 4.31. The maximum atomic E-state index is 13.7. The van der Waals surface area contributed by atoms with Crippen LogP contribution in [0.3, 0.4) is 0 Å². The minimum atomic E-state index is -1.26. The predicted molar refractivity (Wildman–Crippen MR) is 81.8 cm³/mol. The normalized spacial score (nSPS) is 22.2. The molecule has 0 saturated carbocycles. The average molecular weight is 328 g/mol. The van der Waals surface area contributed by atoms with E-state index in [-0.39, 0.29) is 19.1 Å². The van der Waals surface area contributed by atoms with Gasteiger partial charge in [0.05, 0.1) is 18.7 Å². The topological polar surface area (TPSA) is 75.8 Å². The Kier molecular flexibility index (Phi) is 5.76. The predicted octanol–water partition coefficient (Wildman–Crippen LogP) is 3.09. The van der Waals surface area contributed by atoms with Gasteiger partial charge in [-0.3, -0.25) is 4.90 Å². The van der Waals surface area contributed by atoms with E-state index in [0.717, 1.165) is 17.7 Å². The van der Waals surface area contributed by atoms with Crippen molar-refractivity contribution in [3.05, 3.63) is 29.6 Å². The van der Waals surface area contributed by atoms with Gasteiger partial charge in [0.2, 0.25) is 0 Å². The molecule has 1 unspecified atom stereocenters. The lowest BCUT2D eigenvalue weighted by molar-refractivity contribution is 0.136. The van der Waals surface area contributed by atoms with E-state index in [2.05, 4.69) is 0 Å². The number of rotatable bonds is 6. The second-order valence-electron chi connectivity index (χ2n) is 5.83. The van der Waals surface area contributed by atoms with E-state index in [4.69, 9.17) is 10.5 Å². The van der Waals surface area contributed by atoms with E-state index in [1.54, 1.807) is 0 Å². The largest absolute Gasteiger partial charge is 0.490 e. The molecule has 1 aliphatic rings. The lowest BCUT2D eigenvalue weighted by Crippen LogP contribution is -2.30. The number of amides is 1. The van der Waals surface area contributed by atoms with Crippen molar-refractivity contribution in [3.8, 4) is 5.75 Å². The fourth-order valence-electron chi connectivity index (χ4n) is 2.86. The molecule has 1 aliphatic heterocycles. The number of alkyl halides is 1. The van der Waals surface area contributed by atoms with Gasteiger partial charge in [0, 0.05) is 12.0 Å². The number of carbonyl (C=O) groups is 1. The molecule has 1 heterocycles. The number of nitrogens with zero attached hydrogens (tertiary/aromatic N) is 1. The first-order valence-corrected chi connectivity index (χ1v) is 7.72. The quantitative estimate of drug-likeness (QED) is 0.841. The Morgan fingerprint density at radius 1 is 1.57 bits per heavy atom. The van der Waals surface area contributed by atoms with E-state index in [1.807, 2.05) is 6.92 Å². The SMILES string of the molecule is CC(CCCN)Oc1ccc(F)cc1[C@H]1C[C@H](F)CN1C(=O)O. The molecule has 23 heavy (non-hydrogen) atoms. The number of hydrogen-bond donors (Lipinski definition) is 2. The van der Waals surface area contributed by atoms with Crippen molar-refractivity contribution in [1.82, 2.24) is 4.90 Å². The molecule has 7 heteroatoms. The Balaban J connectivity index is 2.26. The molecule has 0 aromatic heterocycles. The second kappa shape index (κ2) is 7.59. The summed E-state index contributed by atoms with van der Waals surface area (Å²) < 4.78 is 33.1. The third-order valence-electron chi connectivity index (χ3n) is 3.97. The molecule has 1 aromatic carbocycles. The summed E-state index contributed by atoms with van der Waals surface area (Å²) in [6.45, 7) is 2.20. The summed E-state index contributed by atoms with van der Waals surface area (Å²) in [4.78, 5) is 12.3. The lowest BCUT2D eigenvalue weighted by atomic mass is 10.0. The summed E-state index contributed by atoms with van der Waals surface area (Å²) in [6, 6.07) is 3.20. The minimum Gasteiger partial charge on any atom is -0.490 e. The highest BCUT2D eigenvalue weighted by molar-refractivity contribution is 5.66. The molecule has 0 radical (unpaired) electrons. The first-order chi connectivity index (χ1) is 10.9. The average Bonchev–Trinajstić information content (AvgIpc) is 2.89. The van der Waals surface area contributed by atoms with Crippen LogP contribution in [0.5, 0.6) is 5.75 Å². The van der Waals surface area contributed by atoms with Gasteiger partial charge in [0.15, 0.2) is 0 Å². The number of benzene rings is 1. The molecule has 0 aliphatic carbocycles. The van der Waals surface area contributed by atoms with Crippen LogP contribution in [0.25, 0.3) is 0 Å². The first-order valence-electron chi connectivity index (χ1n) is 7.72. The molecular formula is C16H22F2N2O3. The van der Waals surface area contributed by atoms with Crippen molar-refractivity contribution in [2.75, 3.05) is 13.1 Å². The van der Waals surface area contributed by atoms with E-state index < -0.39 is 24.1 Å². The van der Waals surface area contributed by atoms with Crippen LogP contribution < -0.4 is 10.5 Å². The molecule has 128 valence electrons. The van der Waals surface area contributed by atoms with Gasteiger partial charge in [-0.05, 0) is 44.5 Å². The number of likely N-dealkylation sites (tertiary alicyclic amines) is 1. The zero-order valence-electron chi connectivity index (χ0n) is 13.0. The van der Waals surface area contributed by atoms with Crippen molar-refractivity contribution < 1.29 is 23.4 Å². The smallest absolute Gasteiger partial charge is 0.407 e. The molecule has 3 atom stereocenters. The molecule has 1 fully saturated rings. The molecule has 0 bridgehead atoms. The second-order valence-corrected chi connectivity index (χ2v) is 5.83. The zero-order valence-corrected chi connectivity index (χ0v) is 13.0. The molecule has 0 spiro atoms. The Morgan fingerprint density at radius 3 is 2.96 bits per heavy atom. The Labute approximate surface area is 134 Å². The maximum absolute atomic E-state index is 13.7. The number of ether oxygens (including phenoxy) is 1. The van der Waals surface area contributed by atoms with Crippen LogP contribution in [0.15, 0.2) is 18.2 Å². The number of halogens is 2. The third-order valence-corrected chi connectivity index (χ3v) is 3.97. The van der Waals surface area contributed by atoms with Crippen molar-refractivity contribution in [3.63, 3.8) is 0 Å². The molecule has 3 N–H and O–H groups in total. The fraction of sp³-hybridized carbons (Fsp3) is 0.562. The van der Waals surface area contributed by atoms with E-state index >= 15 is 0 Å². The van der Waals surface area contributed by atoms with Crippen molar-refractivity contribution >= 4 is 6.09 Å². The monoisotopic (exact) mass is 328 g/mol. The van der Waals surface area contributed by atoms with Crippen LogP contribution in [0.1, 0.15) is 37.8 Å². The van der Waals surface area contributed by atoms with E-state index in [0.29, 0.717) is 17.9 Å². The van der Waals surface area contributed by atoms with Gasteiger partial charge in [-0.15, -0.1) is 0 Å². The van der Waals surface area contributed by atoms with Crippen LogP contribution in [-0.4, -0.2) is 41.5 Å². The number of carboxylic acid groups (broad SMARTS) is 1. The van der Waals surface area contributed by atoms with Crippen LogP contribution >= 0.6 is 0 Å². The van der Waals surface area contributed by atoms with Crippen molar-refractivity contribution in [2.24, 2.45) is 5.73 Å². The summed E-state index contributed by atoms with van der Waals surface area (Å²) >= 11 is 0. The van der Waals surface area contributed by atoms with Crippen molar-refractivity contribution in [2.45, 2.75) is 44.5 Å². The summed E-state index contributed by atoms with van der Waals surface area (Å²) in [7, 11) is 0. The Hall–Kier alpha value is -1.89. The highest BCUT2D eigenvalue weighted by Gasteiger charge is 2.38. The Bertz CT molecular complexity index is 556. The Morgan fingerprint density at radius 2 is 2.30 bits per heavy atom. The first kappa shape index (κ1) is 17.5. The van der Waals surface area contributed by atoms with E-state index in [9.17, 15) is 18.7 Å². The van der Waals surface area contributed by atoms with Gasteiger partial charge in [-0.2, -0.15) is 0 Å². The van der Waals surface area contributed by atoms with Crippen LogP contribution in [0, 0.1) is 5.82 Å². The minimum absolute atomic E-state index is 0.00327. The highest BCUT2D eigenvalue weighted by Crippen LogP contribution is 2.39. The fourth-order valence-corrected chi connectivity index (χ4v) is 2.86. The van der Waals surface area contributed by atoms with Crippen LogP contribution in [-0.2, 0) is 0 Å². The number of hydrogen-bond acceptors (Lipinski definition) is 3. The summed E-state index contributed by atoms with van der Waals surface area (Å²) in [5, 5.41) is 9.23. The van der Waals surface area contributed by atoms with Gasteiger partial charge in [0.1, 0.15) is 17.7 Å². The van der Waals surface area contributed by atoms with Crippen LogP contribution in [0.4, 0.5) is 13.6 Å². The molecule has 1 amide bonds. The highest BCUT2D eigenvalue weighted by atomic mass is 19.1. The van der Waals surface area contributed by atoms with Gasteiger partial charge in [-0.1, -0.05) is 0 Å².